The lowest BCUT2D eigenvalue weighted by Gasteiger charge is -2.28. The van der Waals surface area contributed by atoms with Crippen LogP contribution >= 0.6 is 22.9 Å². The molecule has 0 aromatic carbocycles. The number of likely N-dealkylation sites (N-methyl/N-ethyl adjacent to an activating group) is 1. The lowest BCUT2D eigenvalue weighted by molar-refractivity contribution is 0.0179. The van der Waals surface area contributed by atoms with E-state index in [0.717, 1.165) is 13.2 Å². The lowest BCUT2D eigenvalue weighted by atomic mass is 9.94. The Morgan fingerprint density at radius 1 is 1.29 bits per heavy atom. The molecule has 84 valence electrons. The van der Waals surface area contributed by atoms with Crippen molar-refractivity contribution in [1.29, 1.82) is 0 Å². The number of hydrogen-bond donors (Lipinski definition) is 1. The summed E-state index contributed by atoms with van der Waals surface area (Å²) in [5.74, 6) is 0. The van der Waals surface area contributed by atoms with Crippen LogP contribution < -0.4 is 3.53 Å². The molecule has 0 aromatic heterocycles. The molecule has 1 aliphatic carbocycles. The molecule has 1 N–H and O–H groups in total. The minimum absolute atomic E-state index is 0.510. The van der Waals surface area contributed by atoms with E-state index in [4.69, 9.17) is 4.74 Å². The first-order valence-corrected chi connectivity index (χ1v) is 6.42. The normalized spacial score (nSPS) is 28.3. The molecule has 4 heteroatoms. The summed E-state index contributed by atoms with van der Waals surface area (Å²) in [5, 5.41) is 0. The standard InChI is InChI=1S/C10H21IN2O/c1-13(2)7-8-14-10-5-3-9(12-11)4-6-10/h9-10,12H,3-8H2,1-2H3. The first kappa shape index (κ1) is 12.7. The molecule has 0 bridgehead atoms. The molecule has 0 aliphatic heterocycles. The van der Waals surface area contributed by atoms with Crippen molar-refractivity contribution < 1.29 is 4.74 Å². The SMILES string of the molecule is CN(C)CCOC1CCC(NI)CC1. The number of ether oxygens (including phenoxy) is 1. The van der Waals surface area contributed by atoms with E-state index in [1.165, 1.54) is 25.7 Å². The van der Waals surface area contributed by atoms with Crippen molar-refractivity contribution >= 4 is 22.9 Å². The maximum Gasteiger partial charge on any atom is 0.0596 e. The molecule has 0 atom stereocenters. The molecular formula is C10H21IN2O. The fraction of sp³-hybridized carbons (Fsp3) is 1.00. The summed E-state index contributed by atoms with van der Waals surface area (Å²) in [4.78, 5) is 2.16. The quantitative estimate of drug-likeness (QED) is 0.619. The summed E-state index contributed by atoms with van der Waals surface area (Å²) >= 11 is 2.25. The summed E-state index contributed by atoms with van der Waals surface area (Å²) in [6, 6.07) is 0.712. The van der Waals surface area contributed by atoms with E-state index in [-0.39, 0.29) is 0 Å². The Bertz CT molecular complexity index is 147. The average Bonchev–Trinajstić information content (AvgIpc) is 2.18. The first-order chi connectivity index (χ1) is 6.72. The summed E-state index contributed by atoms with van der Waals surface area (Å²) in [7, 11) is 4.17. The van der Waals surface area contributed by atoms with Gasteiger partial charge in [0.15, 0.2) is 0 Å². The van der Waals surface area contributed by atoms with Crippen molar-refractivity contribution in [3.05, 3.63) is 0 Å². The average molecular weight is 312 g/mol. The molecule has 0 amide bonds. The summed E-state index contributed by atoms with van der Waals surface area (Å²) < 4.78 is 9.12. The zero-order valence-corrected chi connectivity index (χ0v) is 11.3. The van der Waals surface area contributed by atoms with Gasteiger partial charge in [0.1, 0.15) is 0 Å². The van der Waals surface area contributed by atoms with Gasteiger partial charge in [0.25, 0.3) is 0 Å². The van der Waals surface area contributed by atoms with Crippen LogP contribution in [0.4, 0.5) is 0 Å². The van der Waals surface area contributed by atoms with Gasteiger partial charge in [-0.05, 0) is 39.8 Å². The zero-order chi connectivity index (χ0) is 10.4. The van der Waals surface area contributed by atoms with Crippen LogP contribution in [-0.2, 0) is 4.74 Å². The smallest absolute Gasteiger partial charge is 0.0596 e. The molecule has 0 spiro atoms. The van der Waals surface area contributed by atoms with Crippen LogP contribution in [0.3, 0.4) is 0 Å². The van der Waals surface area contributed by atoms with Crippen LogP contribution in [0.1, 0.15) is 25.7 Å². The van der Waals surface area contributed by atoms with Gasteiger partial charge in [0.05, 0.1) is 12.7 Å². The van der Waals surface area contributed by atoms with Gasteiger partial charge >= 0.3 is 0 Å². The topological polar surface area (TPSA) is 24.5 Å². The maximum absolute atomic E-state index is 5.81. The highest BCUT2D eigenvalue weighted by molar-refractivity contribution is 14.1. The Morgan fingerprint density at radius 3 is 2.43 bits per heavy atom. The van der Waals surface area contributed by atoms with Crippen molar-refractivity contribution in [2.24, 2.45) is 0 Å². The van der Waals surface area contributed by atoms with Gasteiger partial charge in [-0.1, -0.05) is 0 Å². The van der Waals surface area contributed by atoms with Crippen LogP contribution in [0, 0.1) is 0 Å². The van der Waals surface area contributed by atoms with Crippen molar-refractivity contribution in [2.75, 3.05) is 27.2 Å². The third-order valence-electron chi connectivity index (χ3n) is 2.72. The van der Waals surface area contributed by atoms with Crippen molar-refractivity contribution in [3.8, 4) is 0 Å². The highest BCUT2D eigenvalue weighted by Crippen LogP contribution is 2.21. The fourth-order valence-electron chi connectivity index (χ4n) is 1.74. The second-order valence-corrected chi connectivity index (χ2v) is 4.88. The van der Waals surface area contributed by atoms with E-state index >= 15 is 0 Å². The highest BCUT2D eigenvalue weighted by Gasteiger charge is 2.20. The fourth-order valence-corrected chi connectivity index (χ4v) is 2.36. The number of rotatable bonds is 5. The third kappa shape index (κ3) is 4.91. The molecule has 1 fully saturated rings. The summed E-state index contributed by atoms with van der Waals surface area (Å²) in [6.45, 7) is 1.91. The summed E-state index contributed by atoms with van der Waals surface area (Å²) in [5.41, 5.74) is 0. The predicted molar refractivity (Wildman–Crippen MR) is 67.7 cm³/mol. The monoisotopic (exact) mass is 312 g/mol. The van der Waals surface area contributed by atoms with E-state index in [0.29, 0.717) is 12.1 Å². The Kier molecular flexibility index (Phi) is 6.32. The lowest BCUT2D eigenvalue weighted by Crippen LogP contribution is -2.31. The van der Waals surface area contributed by atoms with Crippen LogP contribution in [0.15, 0.2) is 0 Å². The molecule has 0 unspecified atom stereocenters. The minimum atomic E-state index is 0.510. The van der Waals surface area contributed by atoms with Gasteiger partial charge in [-0.25, -0.2) is 0 Å². The first-order valence-electron chi connectivity index (χ1n) is 5.35. The Labute approximate surface area is 101 Å². The zero-order valence-electron chi connectivity index (χ0n) is 9.13. The van der Waals surface area contributed by atoms with Crippen molar-refractivity contribution in [1.82, 2.24) is 8.43 Å². The molecule has 0 radical (unpaired) electrons. The van der Waals surface area contributed by atoms with Crippen LogP contribution in [0.2, 0.25) is 0 Å². The Balaban J connectivity index is 2.04. The van der Waals surface area contributed by atoms with E-state index < -0.39 is 0 Å². The minimum Gasteiger partial charge on any atom is -0.377 e. The van der Waals surface area contributed by atoms with Gasteiger partial charge in [-0.3, -0.25) is 3.53 Å². The van der Waals surface area contributed by atoms with E-state index in [2.05, 4.69) is 45.4 Å². The molecule has 0 heterocycles. The van der Waals surface area contributed by atoms with E-state index in [1.807, 2.05) is 0 Å². The van der Waals surface area contributed by atoms with E-state index in [9.17, 15) is 0 Å². The second-order valence-electron chi connectivity index (χ2n) is 4.26. The molecule has 0 aromatic rings. The molecule has 0 saturated heterocycles. The Morgan fingerprint density at radius 2 is 1.93 bits per heavy atom. The number of hydrogen-bond acceptors (Lipinski definition) is 3. The molecule has 14 heavy (non-hydrogen) atoms. The predicted octanol–water partition coefficient (Wildman–Crippen LogP) is 1.82. The van der Waals surface area contributed by atoms with Crippen molar-refractivity contribution in [2.45, 2.75) is 37.8 Å². The van der Waals surface area contributed by atoms with Gasteiger partial charge in [-0.2, -0.15) is 0 Å². The second kappa shape index (κ2) is 6.98. The number of nitrogens with zero attached hydrogens (tertiary/aromatic N) is 1. The van der Waals surface area contributed by atoms with Gasteiger partial charge in [0, 0.05) is 35.5 Å². The van der Waals surface area contributed by atoms with Crippen LogP contribution in [0.5, 0.6) is 0 Å². The van der Waals surface area contributed by atoms with E-state index in [1.54, 1.807) is 0 Å². The van der Waals surface area contributed by atoms with Crippen LogP contribution in [-0.4, -0.2) is 44.3 Å². The Hall–Kier alpha value is 0.610. The molecule has 1 aliphatic rings. The van der Waals surface area contributed by atoms with Crippen LogP contribution in [0.25, 0.3) is 0 Å². The molecule has 1 rings (SSSR count). The number of halogens is 1. The maximum atomic E-state index is 5.81. The molecular weight excluding hydrogens is 291 g/mol. The van der Waals surface area contributed by atoms with Gasteiger partial charge in [-0.15, -0.1) is 0 Å². The number of nitrogens with one attached hydrogen (secondary N) is 1. The molecule has 3 nitrogen and oxygen atoms in total. The largest absolute Gasteiger partial charge is 0.377 e. The molecule has 1 saturated carbocycles. The summed E-state index contributed by atoms with van der Waals surface area (Å²) in [6.07, 6.45) is 5.46. The van der Waals surface area contributed by atoms with Gasteiger partial charge in [0.2, 0.25) is 0 Å². The van der Waals surface area contributed by atoms with Crippen molar-refractivity contribution in [3.63, 3.8) is 0 Å². The highest BCUT2D eigenvalue weighted by atomic mass is 127. The van der Waals surface area contributed by atoms with Gasteiger partial charge < -0.3 is 9.64 Å². The third-order valence-corrected chi connectivity index (χ3v) is 3.60.